The average Bonchev–Trinajstić information content (AvgIpc) is 2.72. The van der Waals surface area contributed by atoms with Gasteiger partial charge in [-0.15, -0.1) is 23.2 Å². The number of carbonyl (C=O) groups is 3. The SMILES string of the molecule is O=C(CN1C(=O)c2ccccc2C1=O)OCCC(Cl)CCl. The number of hydrogen-bond donors (Lipinski definition) is 0. The maximum atomic E-state index is 12.0. The fraction of sp³-hybridized carbons (Fsp3) is 0.357. The lowest BCUT2D eigenvalue weighted by Crippen LogP contribution is -2.35. The van der Waals surface area contributed by atoms with Gasteiger partial charge in [-0.25, -0.2) is 0 Å². The number of ether oxygens (including phenoxy) is 1. The molecule has 7 heteroatoms. The van der Waals surface area contributed by atoms with Gasteiger partial charge < -0.3 is 4.74 Å². The summed E-state index contributed by atoms with van der Waals surface area (Å²) >= 11 is 11.3. The molecule has 21 heavy (non-hydrogen) atoms. The molecule has 0 bridgehead atoms. The Morgan fingerprint density at radius 1 is 1.19 bits per heavy atom. The molecule has 5 nitrogen and oxygen atoms in total. The van der Waals surface area contributed by atoms with Gasteiger partial charge in [0.1, 0.15) is 6.54 Å². The van der Waals surface area contributed by atoms with Crippen molar-refractivity contribution < 1.29 is 19.1 Å². The molecular weight excluding hydrogens is 317 g/mol. The van der Waals surface area contributed by atoms with Gasteiger partial charge in [-0.1, -0.05) is 12.1 Å². The van der Waals surface area contributed by atoms with Gasteiger partial charge in [-0.3, -0.25) is 19.3 Å². The summed E-state index contributed by atoms with van der Waals surface area (Å²) < 4.78 is 4.94. The Balaban J connectivity index is 1.91. The van der Waals surface area contributed by atoms with E-state index in [1.54, 1.807) is 24.3 Å². The predicted molar refractivity (Wildman–Crippen MR) is 77.7 cm³/mol. The minimum Gasteiger partial charge on any atom is -0.464 e. The zero-order valence-electron chi connectivity index (χ0n) is 11.1. The summed E-state index contributed by atoms with van der Waals surface area (Å²) in [4.78, 5) is 36.6. The summed E-state index contributed by atoms with van der Waals surface area (Å²) in [5.74, 6) is -1.35. The van der Waals surface area contributed by atoms with Crippen molar-refractivity contribution in [2.75, 3.05) is 19.0 Å². The van der Waals surface area contributed by atoms with Crippen LogP contribution in [0.5, 0.6) is 0 Å². The minimum atomic E-state index is -0.650. The number of alkyl halides is 2. The van der Waals surface area contributed by atoms with Crippen LogP contribution in [0.1, 0.15) is 27.1 Å². The zero-order valence-corrected chi connectivity index (χ0v) is 12.6. The molecule has 1 unspecified atom stereocenters. The summed E-state index contributed by atoms with van der Waals surface area (Å²) in [6.07, 6.45) is 0.416. The van der Waals surface area contributed by atoms with Crippen LogP contribution in [0.2, 0.25) is 0 Å². The smallest absolute Gasteiger partial charge is 0.326 e. The van der Waals surface area contributed by atoms with Gasteiger partial charge in [-0.2, -0.15) is 0 Å². The lowest BCUT2D eigenvalue weighted by molar-refractivity contribution is -0.144. The lowest BCUT2D eigenvalue weighted by Gasteiger charge is -2.13. The highest BCUT2D eigenvalue weighted by molar-refractivity contribution is 6.28. The highest BCUT2D eigenvalue weighted by atomic mass is 35.5. The van der Waals surface area contributed by atoms with Crippen molar-refractivity contribution in [2.45, 2.75) is 11.8 Å². The molecule has 1 aromatic carbocycles. The summed E-state index contributed by atoms with van der Waals surface area (Å²) in [6.45, 7) is -0.303. The van der Waals surface area contributed by atoms with Crippen molar-refractivity contribution >= 4 is 41.0 Å². The van der Waals surface area contributed by atoms with Crippen molar-refractivity contribution in [2.24, 2.45) is 0 Å². The zero-order chi connectivity index (χ0) is 15.4. The molecule has 0 fully saturated rings. The van der Waals surface area contributed by atoms with Crippen LogP contribution in [0, 0.1) is 0 Å². The van der Waals surface area contributed by atoms with Crippen molar-refractivity contribution in [1.82, 2.24) is 4.90 Å². The van der Waals surface area contributed by atoms with Crippen LogP contribution >= 0.6 is 23.2 Å². The van der Waals surface area contributed by atoms with E-state index in [4.69, 9.17) is 27.9 Å². The van der Waals surface area contributed by atoms with Crippen molar-refractivity contribution in [1.29, 1.82) is 0 Å². The van der Waals surface area contributed by atoms with Crippen LogP contribution < -0.4 is 0 Å². The Morgan fingerprint density at radius 2 is 1.76 bits per heavy atom. The number of rotatable bonds is 6. The maximum absolute atomic E-state index is 12.0. The number of halogens is 2. The molecule has 1 aromatic rings. The standard InChI is InChI=1S/C14H13Cl2NO4/c15-7-9(16)5-6-21-12(18)8-17-13(19)10-3-1-2-4-11(10)14(17)20/h1-4,9H,5-8H2. The number of carbonyl (C=O) groups excluding carboxylic acids is 3. The molecule has 0 aromatic heterocycles. The van der Waals surface area contributed by atoms with Gasteiger partial charge in [0.2, 0.25) is 0 Å². The molecule has 1 aliphatic heterocycles. The molecule has 1 aliphatic rings. The molecule has 0 N–H and O–H groups in total. The first-order valence-corrected chi connectivity index (χ1v) is 7.32. The van der Waals surface area contributed by atoms with Crippen LogP contribution in [0.4, 0.5) is 0 Å². The van der Waals surface area contributed by atoms with Crippen LogP contribution in [0.25, 0.3) is 0 Å². The Kier molecular flexibility index (Phi) is 5.20. The largest absolute Gasteiger partial charge is 0.464 e. The van der Waals surface area contributed by atoms with Gasteiger partial charge in [0.05, 0.1) is 23.1 Å². The molecule has 2 rings (SSSR count). The van der Waals surface area contributed by atoms with Gasteiger partial charge in [-0.05, 0) is 18.6 Å². The third kappa shape index (κ3) is 3.54. The summed E-state index contributed by atoms with van der Waals surface area (Å²) in [5, 5.41) is -0.279. The third-order valence-corrected chi connectivity index (χ3v) is 3.93. The molecule has 0 spiro atoms. The Labute approximate surface area is 131 Å². The van der Waals surface area contributed by atoms with Crippen LogP contribution in [0.3, 0.4) is 0 Å². The number of amides is 2. The topological polar surface area (TPSA) is 63.7 Å². The number of hydrogen-bond acceptors (Lipinski definition) is 4. The first kappa shape index (κ1) is 15.8. The lowest BCUT2D eigenvalue weighted by atomic mass is 10.1. The third-order valence-electron chi connectivity index (χ3n) is 3.03. The minimum absolute atomic E-state index is 0.100. The normalized spacial score (nSPS) is 15.0. The number of imide groups is 1. The van der Waals surface area contributed by atoms with E-state index < -0.39 is 24.3 Å². The number of fused-ring (bicyclic) bond motifs is 1. The highest BCUT2D eigenvalue weighted by Gasteiger charge is 2.36. The van der Waals surface area contributed by atoms with Crippen molar-refractivity contribution in [3.05, 3.63) is 35.4 Å². The molecule has 0 saturated heterocycles. The quantitative estimate of drug-likeness (QED) is 0.455. The second-order valence-electron chi connectivity index (χ2n) is 4.50. The molecule has 0 saturated carbocycles. The van der Waals surface area contributed by atoms with Gasteiger partial charge >= 0.3 is 5.97 Å². The van der Waals surface area contributed by atoms with Crippen LogP contribution in [-0.2, 0) is 9.53 Å². The molecule has 1 heterocycles. The molecule has 0 aliphatic carbocycles. The number of nitrogens with zero attached hydrogens (tertiary/aromatic N) is 1. The van der Waals surface area contributed by atoms with Gasteiger partial charge in [0, 0.05) is 5.88 Å². The maximum Gasteiger partial charge on any atom is 0.326 e. The molecule has 1 atom stereocenters. The van der Waals surface area contributed by atoms with E-state index in [9.17, 15) is 14.4 Å². The van der Waals surface area contributed by atoms with E-state index >= 15 is 0 Å². The summed E-state index contributed by atoms with van der Waals surface area (Å²) in [7, 11) is 0. The summed E-state index contributed by atoms with van der Waals surface area (Å²) in [5.41, 5.74) is 0.608. The predicted octanol–water partition coefficient (Wildman–Crippen LogP) is 2.06. The summed E-state index contributed by atoms with van der Waals surface area (Å²) in [6, 6.07) is 6.44. The van der Waals surface area contributed by atoms with E-state index in [2.05, 4.69) is 0 Å². The Hall–Kier alpha value is -1.59. The number of esters is 1. The van der Waals surface area contributed by atoms with Gasteiger partial charge in [0.15, 0.2) is 0 Å². The highest BCUT2D eigenvalue weighted by Crippen LogP contribution is 2.22. The van der Waals surface area contributed by atoms with E-state index in [0.29, 0.717) is 17.5 Å². The number of benzene rings is 1. The Morgan fingerprint density at radius 3 is 2.29 bits per heavy atom. The molecule has 0 radical (unpaired) electrons. The Bertz CT molecular complexity index is 541. The van der Waals surface area contributed by atoms with E-state index in [1.165, 1.54) is 0 Å². The van der Waals surface area contributed by atoms with Crippen molar-refractivity contribution in [3.63, 3.8) is 0 Å². The van der Waals surface area contributed by atoms with E-state index in [1.807, 2.05) is 0 Å². The monoisotopic (exact) mass is 329 g/mol. The van der Waals surface area contributed by atoms with Crippen LogP contribution in [0.15, 0.2) is 24.3 Å². The first-order chi connectivity index (χ1) is 10.0. The second kappa shape index (κ2) is 6.91. The van der Waals surface area contributed by atoms with E-state index in [-0.39, 0.29) is 17.9 Å². The van der Waals surface area contributed by atoms with E-state index in [0.717, 1.165) is 4.90 Å². The van der Waals surface area contributed by atoms with Gasteiger partial charge in [0.25, 0.3) is 11.8 Å². The van der Waals surface area contributed by atoms with Crippen LogP contribution in [-0.4, -0.2) is 47.1 Å². The average molecular weight is 330 g/mol. The first-order valence-electron chi connectivity index (χ1n) is 6.35. The second-order valence-corrected chi connectivity index (χ2v) is 5.43. The molecular formula is C14H13Cl2NO4. The fourth-order valence-corrected chi connectivity index (χ4v) is 2.18. The molecule has 2 amide bonds. The van der Waals surface area contributed by atoms with Crippen molar-refractivity contribution in [3.8, 4) is 0 Å². The fourth-order valence-electron chi connectivity index (χ4n) is 1.94. The molecule has 112 valence electrons.